The molecular weight excluding hydrogens is 492 g/mol. The summed E-state index contributed by atoms with van der Waals surface area (Å²) in [7, 11) is 2.17. The highest BCUT2D eigenvalue weighted by Gasteiger charge is 2.14. The second-order valence-corrected chi connectivity index (χ2v) is 8.90. The maximum Gasteiger partial charge on any atom is 0.167 e. The molecule has 1 aliphatic rings. The third kappa shape index (κ3) is 9.48. The van der Waals surface area contributed by atoms with E-state index in [-0.39, 0.29) is 5.78 Å². The van der Waals surface area contributed by atoms with Gasteiger partial charge in [-0.25, -0.2) is 4.98 Å². The summed E-state index contributed by atoms with van der Waals surface area (Å²) in [5, 5.41) is 0. The number of Topliss-reactive ketones (excluding diaryl/α,β-unsaturated/α-hetero) is 1. The molecule has 212 valence electrons. The van der Waals surface area contributed by atoms with Gasteiger partial charge >= 0.3 is 0 Å². The first-order valence-electron chi connectivity index (χ1n) is 14.7. The normalized spacial score (nSPS) is 12.9. The fraction of sp³-hybridized carbons (Fsp3) is 0.371. The van der Waals surface area contributed by atoms with Crippen molar-refractivity contribution in [1.82, 2.24) is 19.2 Å². The number of benzene rings is 2. The van der Waals surface area contributed by atoms with Crippen molar-refractivity contribution in [2.45, 2.75) is 54.5 Å². The van der Waals surface area contributed by atoms with Gasteiger partial charge in [-0.05, 0) is 48.4 Å². The molecule has 5 nitrogen and oxygen atoms in total. The van der Waals surface area contributed by atoms with E-state index in [0.717, 1.165) is 55.2 Å². The minimum Gasteiger partial charge on any atom is -0.304 e. The lowest BCUT2D eigenvalue weighted by molar-refractivity contribution is 0.0993. The van der Waals surface area contributed by atoms with Crippen LogP contribution in [0.25, 0.3) is 5.65 Å². The van der Waals surface area contributed by atoms with E-state index in [1.54, 1.807) is 6.20 Å². The molecule has 0 spiro atoms. The quantitative estimate of drug-likeness (QED) is 0.203. The molecule has 0 saturated carbocycles. The maximum atomic E-state index is 12.9. The zero-order chi connectivity index (χ0) is 29.3. The number of imidazole rings is 1. The summed E-state index contributed by atoms with van der Waals surface area (Å²) in [4.78, 5) is 22.2. The molecule has 1 saturated heterocycles. The van der Waals surface area contributed by atoms with E-state index in [0.29, 0.717) is 12.0 Å². The molecule has 0 unspecified atom stereocenters. The lowest BCUT2D eigenvalue weighted by Crippen LogP contribution is -2.43. The molecule has 0 bridgehead atoms. The fourth-order valence-corrected chi connectivity index (χ4v) is 4.25. The molecule has 5 rings (SSSR count). The third-order valence-corrected chi connectivity index (χ3v) is 6.33. The Morgan fingerprint density at radius 2 is 1.48 bits per heavy atom. The van der Waals surface area contributed by atoms with E-state index in [4.69, 9.17) is 0 Å². The van der Waals surface area contributed by atoms with Crippen LogP contribution in [0.5, 0.6) is 0 Å². The van der Waals surface area contributed by atoms with Gasteiger partial charge < -0.3 is 4.90 Å². The first-order valence-corrected chi connectivity index (χ1v) is 14.7. The van der Waals surface area contributed by atoms with Crippen molar-refractivity contribution in [1.29, 1.82) is 0 Å². The van der Waals surface area contributed by atoms with Gasteiger partial charge in [0, 0.05) is 56.5 Å². The second kappa shape index (κ2) is 17.8. The van der Waals surface area contributed by atoms with Crippen molar-refractivity contribution in [3.8, 4) is 11.8 Å². The summed E-state index contributed by atoms with van der Waals surface area (Å²) in [5.41, 5.74) is 5.53. The zero-order valence-electron chi connectivity index (χ0n) is 25.4. The van der Waals surface area contributed by atoms with Gasteiger partial charge in [0.15, 0.2) is 5.78 Å². The topological polar surface area (TPSA) is 40.8 Å². The predicted molar refractivity (Wildman–Crippen MR) is 169 cm³/mol. The molecule has 0 radical (unpaired) electrons. The van der Waals surface area contributed by atoms with Crippen LogP contribution in [0.1, 0.15) is 74.3 Å². The first kappa shape index (κ1) is 32.5. The Bertz CT molecular complexity index is 1350. The van der Waals surface area contributed by atoms with E-state index in [2.05, 4.69) is 57.9 Å². The van der Waals surface area contributed by atoms with Crippen LogP contribution in [0.2, 0.25) is 0 Å². The highest BCUT2D eigenvalue weighted by atomic mass is 16.1. The van der Waals surface area contributed by atoms with E-state index in [1.165, 1.54) is 5.56 Å². The lowest BCUT2D eigenvalue weighted by atomic mass is 10.0. The van der Waals surface area contributed by atoms with Crippen molar-refractivity contribution in [2.75, 3.05) is 33.2 Å². The number of carbonyl (C=O) groups excluding carboxylic acids is 1. The lowest BCUT2D eigenvalue weighted by Gasteiger charge is -2.32. The van der Waals surface area contributed by atoms with Crippen LogP contribution in [0.3, 0.4) is 0 Å². The molecule has 5 heteroatoms. The summed E-state index contributed by atoms with van der Waals surface area (Å²) < 4.78 is 1.95. The highest BCUT2D eigenvalue weighted by Crippen LogP contribution is 2.13. The van der Waals surface area contributed by atoms with E-state index < -0.39 is 0 Å². The summed E-state index contributed by atoms with van der Waals surface area (Å²) in [6.45, 7) is 17.4. The number of aromatic nitrogens is 2. The predicted octanol–water partition coefficient (Wildman–Crippen LogP) is 6.99. The van der Waals surface area contributed by atoms with Crippen LogP contribution < -0.4 is 0 Å². The van der Waals surface area contributed by atoms with Crippen molar-refractivity contribution in [3.05, 3.63) is 107 Å². The fourth-order valence-electron chi connectivity index (χ4n) is 4.25. The second-order valence-electron chi connectivity index (χ2n) is 8.90. The SMILES string of the molecule is CC.CC.CC.CN1CCN(Cc2ccc(CC(=O)c3cccc(C#Cc4cnc5ccccn45)c3)cc2)CC1. The van der Waals surface area contributed by atoms with Crippen LogP contribution in [-0.4, -0.2) is 58.2 Å². The molecule has 1 fully saturated rings. The number of pyridine rings is 1. The number of ketones is 1. The summed E-state index contributed by atoms with van der Waals surface area (Å²) >= 11 is 0. The molecular formula is C35H46N4O. The van der Waals surface area contributed by atoms with Crippen molar-refractivity contribution >= 4 is 11.4 Å². The van der Waals surface area contributed by atoms with Crippen LogP contribution in [0, 0.1) is 11.8 Å². The van der Waals surface area contributed by atoms with Crippen molar-refractivity contribution in [3.63, 3.8) is 0 Å². The van der Waals surface area contributed by atoms with Crippen molar-refractivity contribution in [2.24, 2.45) is 0 Å². The molecule has 3 heterocycles. The molecule has 0 amide bonds. The van der Waals surface area contributed by atoms with E-state index >= 15 is 0 Å². The van der Waals surface area contributed by atoms with E-state index in [9.17, 15) is 4.79 Å². The Morgan fingerprint density at radius 3 is 2.17 bits per heavy atom. The number of hydrogen-bond acceptors (Lipinski definition) is 4. The van der Waals surface area contributed by atoms with Gasteiger partial charge in [-0.15, -0.1) is 0 Å². The number of nitrogens with zero attached hydrogens (tertiary/aromatic N) is 4. The standard InChI is InChI=1S/C29H28N4O.3C2H6/c1-31-15-17-32(18-16-31)22-25-10-8-24(9-11-25)20-28(34)26-6-4-5-23(19-26)12-13-27-21-30-29-7-2-3-14-33(27)29;3*1-2/h2-11,14,19,21H,15-18,20,22H2,1H3;3*1-2H3. The van der Waals surface area contributed by atoms with Gasteiger partial charge in [0.05, 0.1) is 6.20 Å². The Labute approximate surface area is 241 Å². The monoisotopic (exact) mass is 538 g/mol. The highest BCUT2D eigenvalue weighted by molar-refractivity contribution is 5.97. The maximum absolute atomic E-state index is 12.9. The average molecular weight is 539 g/mol. The van der Waals surface area contributed by atoms with Gasteiger partial charge in [-0.1, -0.05) is 89.9 Å². The molecule has 0 N–H and O–H groups in total. The number of hydrogen-bond donors (Lipinski definition) is 0. The van der Waals surface area contributed by atoms with Crippen LogP contribution in [-0.2, 0) is 13.0 Å². The van der Waals surface area contributed by atoms with Crippen LogP contribution >= 0.6 is 0 Å². The first-order chi connectivity index (χ1) is 19.6. The summed E-state index contributed by atoms with van der Waals surface area (Å²) in [5.74, 6) is 6.45. The Kier molecular flexibility index (Phi) is 14.4. The van der Waals surface area contributed by atoms with Gasteiger partial charge in [0.25, 0.3) is 0 Å². The summed E-state index contributed by atoms with van der Waals surface area (Å²) in [6, 6.07) is 21.9. The van der Waals surface area contributed by atoms with Crippen LogP contribution in [0.15, 0.2) is 79.1 Å². The van der Waals surface area contributed by atoms with Crippen molar-refractivity contribution < 1.29 is 4.79 Å². The average Bonchev–Trinajstić information content (AvgIpc) is 3.44. The van der Waals surface area contributed by atoms with Gasteiger partial charge in [0.2, 0.25) is 0 Å². The van der Waals surface area contributed by atoms with E-state index in [1.807, 2.05) is 94.6 Å². The van der Waals surface area contributed by atoms with Crippen LogP contribution in [0.4, 0.5) is 0 Å². The number of rotatable bonds is 5. The van der Waals surface area contributed by atoms with Gasteiger partial charge in [-0.3, -0.25) is 14.1 Å². The minimum atomic E-state index is 0.102. The Hall–Kier alpha value is -3.72. The molecule has 4 aromatic rings. The van der Waals surface area contributed by atoms with Gasteiger partial charge in [0.1, 0.15) is 11.3 Å². The molecule has 2 aromatic carbocycles. The number of likely N-dealkylation sites (N-methyl/N-ethyl adjacent to an activating group) is 1. The largest absolute Gasteiger partial charge is 0.304 e. The summed E-state index contributed by atoms with van der Waals surface area (Å²) in [6.07, 6.45) is 4.10. The Balaban J connectivity index is 0.000000876. The van der Waals surface area contributed by atoms with Gasteiger partial charge in [-0.2, -0.15) is 0 Å². The molecule has 2 aromatic heterocycles. The molecule has 40 heavy (non-hydrogen) atoms. The molecule has 0 atom stereocenters. The third-order valence-electron chi connectivity index (χ3n) is 6.33. The number of carbonyl (C=O) groups is 1. The number of piperazine rings is 1. The Morgan fingerprint density at radius 1 is 0.800 bits per heavy atom. The smallest absolute Gasteiger partial charge is 0.167 e. The molecule has 0 aliphatic carbocycles. The zero-order valence-corrected chi connectivity index (χ0v) is 25.4. The minimum absolute atomic E-state index is 0.102. The molecule has 1 aliphatic heterocycles. The number of fused-ring (bicyclic) bond motifs is 1.